The highest BCUT2D eigenvalue weighted by molar-refractivity contribution is 6.22. The van der Waals surface area contributed by atoms with Crippen molar-refractivity contribution in [1.82, 2.24) is 0 Å². The van der Waals surface area contributed by atoms with E-state index in [1.165, 1.54) is 10.8 Å². The van der Waals surface area contributed by atoms with Gasteiger partial charge in [-0.2, -0.15) is 0 Å². The first-order valence-electron chi connectivity index (χ1n) is 8.04. The van der Waals surface area contributed by atoms with Crippen molar-refractivity contribution in [2.24, 2.45) is 0 Å². The minimum Gasteiger partial charge on any atom is -0.456 e. The minimum absolute atomic E-state index is 0.902. The fourth-order valence-corrected chi connectivity index (χ4v) is 3.76. The van der Waals surface area contributed by atoms with Gasteiger partial charge in [-0.25, -0.2) is 0 Å². The van der Waals surface area contributed by atoms with Crippen molar-refractivity contribution >= 4 is 54.6 Å². The Kier molecular flexibility index (Phi) is 2.12. The molecule has 4 aromatic carbocycles. The van der Waals surface area contributed by atoms with Gasteiger partial charge in [-0.1, -0.05) is 48.5 Å². The molecule has 0 atom stereocenters. The van der Waals surface area contributed by atoms with Gasteiger partial charge >= 0.3 is 0 Å². The molecule has 0 amide bonds. The Hall–Kier alpha value is -3.26. The number of benzene rings is 4. The van der Waals surface area contributed by atoms with E-state index in [0.29, 0.717) is 0 Å². The molecule has 2 nitrogen and oxygen atoms in total. The van der Waals surface area contributed by atoms with Gasteiger partial charge in [0.1, 0.15) is 22.3 Å². The molecule has 0 saturated heterocycles. The van der Waals surface area contributed by atoms with E-state index in [0.717, 1.165) is 43.9 Å². The standard InChI is InChI=1S/C22H12O2/c1-2-6-14-13(5-1)9-10-19-22(14)17-12-20-16(11-21(17)24-19)15-7-3-4-8-18(15)23-20/h1-12H. The number of fused-ring (bicyclic) bond motifs is 8. The zero-order valence-corrected chi connectivity index (χ0v) is 12.7. The highest BCUT2D eigenvalue weighted by atomic mass is 16.3. The quantitative estimate of drug-likeness (QED) is 0.314. The Morgan fingerprint density at radius 2 is 1.17 bits per heavy atom. The zero-order chi connectivity index (χ0) is 15.7. The molecule has 6 aromatic rings. The monoisotopic (exact) mass is 308 g/mol. The maximum atomic E-state index is 6.15. The molecule has 6 rings (SSSR count). The molecule has 112 valence electrons. The second-order valence-electron chi connectivity index (χ2n) is 6.20. The lowest BCUT2D eigenvalue weighted by Crippen LogP contribution is -1.73. The average molecular weight is 308 g/mol. The smallest absolute Gasteiger partial charge is 0.136 e. The van der Waals surface area contributed by atoms with E-state index in [1.54, 1.807) is 0 Å². The summed E-state index contributed by atoms with van der Waals surface area (Å²) in [7, 11) is 0. The van der Waals surface area contributed by atoms with E-state index in [2.05, 4.69) is 54.6 Å². The Morgan fingerprint density at radius 1 is 0.458 bits per heavy atom. The summed E-state index contributed by atoms with van der Waals surface area (Å²) < 4.78 is 12.2. The third-order valence-electron chi connectivity index (χ3n) is 4.86. The average Bonchev–Trinajstić information content (AvgIpc) is 3.17. The van der Waals surface area contributed by atoms with Crippen molar-refractivity contribution in [3.8, 4) is 0 Å². The molecule has 2 heterocycles. The summed E-state index contributed by atoms with van der Waals surface area (Å²) in [5.74, 6) is 0. The van der Waals surface area contributed by atoms with Gasteiger partial charge in [-0.05, 0) is 35.0 Å². The minimum atomic E-state index is 0.902. The first-order valence-corrected chi connectivity index (χ1v) is 8.04. The van der Waals surface area contributed by atoms with Crippen LogP contribution in [0, 0.1) is 0 Å². The van der Waals surface area contributed by atoms with Crippen LogP contribution in [0.5, 0.6) is 0 Å². The summed E-state index contributed by atoms with van der Waals surface area (Å²) in [6.07, 6.45) is 0. The van der Waals surface area contributed by atoms with E-state index in [1.807, 2.05) is 18.2 Å². The Balaban J connectivity index is 1.87. The SMILES string of the molecule is c1ccc2c(c1)ccc1oc3cc4c(cc3c12)oc1ccccc14. The van der Waals surface area contributed by atoms with Crippen LogP contribution in [0.4, 0.5) is 0 Å². The van der Waals surface area contributed by atoms with E-state index in [4.69, 9.17) is 8.83 Å². The summed E-state index contributed by atoms with van der Waals surface area (Å²) in [6, 6.07) is 24.9. The van der Waals surface area contributed by atoms with E-state index in [9.17, 15) is 0 Å². The topological polar surface area (TPSA) is 26.3 Å². The predicted molar refractivity (Wildman–Crippen MR) is 98.5 cm³/mol. The summed E-state index contributed by atoms with van der Waals surface area (Å²) in [5.41, 5.74) is 3.63. The lowest BCUT2D eigenvalue weighted by atomic mass is 10.0. The van der Waals surface area contributed by atoms with Gasteiger partial charge in [0, 0.05) is 21.5 Å². The molecule has 2 heteroatoms. The normalized spacial score (nSPS) is 12.2. The van der Waals surface area contributed by atoms with Gasteiger partial charge < -0.3 is 8.83 Å². The lowest BCUT2D eigenvalue weighted by molar-refractivity contribution is 0.664. The third kappa shape index (κ3) is 1.45. The molecule has 24 heavy (non-hydrogen) atoms. The molecule has 0 saturated carbocycles. The zero-order valence-electron chi connectivity index (χ0n) is 12.7. The van der Waals surface area contributed by atoms with Crippen molar-refractivity contribution in [3.63, 3.8) is 0 Å². The van der Waals surface area contributed by atoms with E-state index in [-0.39, 0.29) is 0 Å². The van der Waals surface area contributed by atoms with Gasteiger partial charge in [0.15, 0.2) is 0 Å². The van der Waals surface area contributed by atoms with Crippen LogP contribution in [0.25, 0.3) is 54.6 Å². The van der Waals surface area contributed by atoms with Crippen molar-refractivity contribution in [1.29, 1.82) is 0 Å². The number of hydrogen-bond acceptors (Lipinski definition) is 2. The first kappa shape index (κ1) is 12.2. The van der Waals surface area contributed by atoms with Gasteiger partial charge in [-0.15, -0.1) is 0 Å². The first-order chi connectivity index (χ1) is 11.9. The van der Waals surface area contributed by atoms with Gasteiger partial charge in [0.25, 0.3) is 0 Å². The number of hydrogen-bond donors (Lipinski definition) is 0. The number of para-hydroxylation sites is 1. The Labute approximate surface area is 136 Å². The predicted octanol–water partition coefficient (Wildman–Crippen LogP) is 6.64. The van der Waals surface area contributed by atoms with Crippen LogP contribution in [-0.2, 0) is 0 Å². The molecule has 0 bridgehead atoms. The summed E-state index contributed by atoms with van der Waals surface area (Å²) in [6.45, 7) is 0. The van der Waals surface area contributed by atoms with Crippen molar-refractivity contribution in [2.45, 2.75) is 0 Å². The fraction of sp³-hybridized carbons (Fsp3) is 0. The summed E-state index contributed by atoms with van der Waals surface area (Å²) in [4.78, 5) is 0. The maximum Gasteiger partial charge on any atom is 0.136 e. The molecule has 0 aliphatic heterocycles. The molecule has 0 N–H and O–H groups in total. The molecule has 0 fully saturated rings. The fourth-order valence-electron chi connectivity index (χ4n) is 3.76. The van der Waals surface area contributed by atoms with Crippen LogP contribution < -0.4 is 0 Å². The molecule has 0 aliphatic rings. The largest absolute Gasteiger partial charge is 0.456 e. The number of furan rings is 2. The Bertz CT molecular complexity index is 1400. The van der Waals surface area contributed by atoms with Crippen molar-refractivity contribution < 1.29 is 8.83 Å². The maximum absolute atomic E-state index is 6.15. The van der Waals surface area contributed by atoms with Crippen LogP contribution in [0.2, 0.25) is 0 Å². The summed E-state index contributed by atoms with van der Waals surface area (Å²) in [5, 5.41) is 6.92. The van der Waals surface area contributed by atoms with Crippen LogP contribution in [-0.4, -0.2) is 0 Å². The van der Waals surface area contributed by atoms with E-state index < -0.39 is 0 Å². The Morgan fingerprint density at radius 3 is 2.12 bits per heavy atom. The molecule has 0 radical (unpaired) electrons. The lowest BCUT2D eigenvalue weighted by Gasteiger charge is -1.98. The molecule has 2 aromatic heterocycles. The second-order valence-corrected chi connectivity index (χ2v) is 6.20. The molecular weight excluding hydrogens is 296 g/mol. The van der Waals surface area contributed by atoms with Crippen LogP contribution in [0.3, 0.4) is 0 Å². The van der Waals surface area contributed by atoms with Crippen LogP contribution in [0.15, 0.2) is 81.6 Å². The number of rotatable bonds is 0. The van der Waals surface area contributed by atoms with Gasteiger partial charge in [0.2, 0.25) is 0 Å². The van der Waals surface area contributed by atoms with Crippen LogP contribution in [0.1, 0.15) is 0 Å². The van der Waals surface area contributed by atoms with Gasteiger partial charge in [0.05, 0.1) is 0 Å². The summed E-state index contributed by atoms with van der Waals surface area (Å²) >= 11 is 0. The molecule has 0 aliphatic carbocycles. The van der Waals surface area contributed by atoms with E-state index >= 15 is 0 Å². The third-order valence-corrected chi connectivity index (χ3v) is 4.86. The highest BCUT2D eigenvalue weighted by Crippen LogP contribution is 2.39. The highest BCUT2D eigenvalue weighted by Gasteiger charge is 2.14. The molecular formula is C22H12O2. The van der Waals surface area contributed by atoms with Crippen molar-refractivity contribution in [2.75, 3.05) is 0 Å². The van der Waals surface area contributed by atoms with Gasteiger partial charge in [-0.3, -0.25) is 0 Å². The van der Waals surface area contributed by atoms with Crippen molar-refractivity contribution in [3.05, 3.63) is 72.8 Å². The molecule has 0 spiro atoms. The second kappa shape index (κ2) is 4.18. The van der Waals surface area contributed by atoms with Crippen LogP contribution >= 0.6 is 0 Å². The molecule has 0 unspecified atom stereocenters.